The highest BCUT2D eigenvalue weighted by Crippen LogP contribution is 2.28. The highest BCUT2D eigenvalue weighted by Gasteiger charge is 2.14. The van der Waals surface area contributed by atoms with E-state index in [0.29, 0.717) is 16.1 Å². The van der Waals surface area contributed by atoms with E-state index in [4.69, 9.17) is 11.6 Å². The molecule has 1 unspecified atom stereocenters. The van der Waals surface area contributed by atoms with Gasteiger partial charge in [0.1, 0.15) is 6.10 Å². The SMILES string of the molecule is OC(c1cnc2ccccc2c1)c1ccncc1Cl. The van der Waals surface area contributed by atoms with Crippen molar-refractivity contribution >= 4 is 22.5 Å². The summed E-state index contributed by atoms with van der Waals surface area (Å²) in [5, 5.41) is 11.8. The highest BCUT2D eigenvalue weighted by molar-refractivity contribution is 6.31. The first-order valence-corrected chi connectivity index (χ1v) is 6.25. The molecule has 0 amide bonds. The summed E-state index contributed by atoms with van der Waals surface area (Å²) in [6.07, 6.45) is 4.00. The van der Waals surface area contributed by atoms with Crippen molar-refractivity contribution in [3.05, 3.63) is 71.1 Å². The number of hydrogen-bond acceptors (Lipinski definition) is 3. The van der Waals surface area contributed by atoms with Crippen LogP contribution in [0.25, 0.3) is 10.9 Å². The normalized spacial score (nSPS) is 12.5. The molecule has 4 heteroatoms. The van der Waals surface area contributed by atoms with Crippen LogP contribution in [0.2, 0.25) is 5.02 Å². The molecule has 3 nitrogen and oxygen atoms in total. The van der Waals surface area contributed by atoms with Gasteiger partial charge in [-0.05, 0) is 18.2 Å². The number of nitrogens with zero attached hydrogens (tertiary/aromatic N) is 2. The summed E-state index contributed by atoms with van der Waals surface area (Å²) in [6, 6.07) is 11.4. The Bertz CT molecular complexity index is 730. The summed E-state index contributed by atoms with van der Waals surface area (Å²) in [6.45, 7) is 0. The van der Waals surface area contributed by atoms with Crippen molar-refractivity contribution in [2.75, 3.05) is 0 Å². The zero-order valence-electron chi connectivity index (χ0n) is 9.99. The molecule has 19 heavy (non-hydrogen) atoms. The number of benzene rings is 1. The van der Waals surface area contributed by atoms with Gasteiger partial charge in [-0.15, -0.1) is 0 Å². The zero-order chi connectivity index (χ0) is 13.2. The van der Waals surface area contributed by atoms with Gasteiger partial charge in [0, 0.05) is 35.1 Å². The van der Waals surface area contributed by atoms with E-state index >= 15 is 0 Å². The fourth-order valence-electron chi connectivity index (χ4n) is 2.02. The van der Waals surface area contributed by atoms with Crippen LogP contribution in [0.15, 0.2) is 55.0 Å². The average molecular weight is 271 g/mol. The number of aliphatic hydroxyl groups excluding tert-OH is 1. The van der Waals surface area contributed by atoms with E-state index in [9.17, 15) is 5.11 Å². The lowest BCUT2D eigenvalue weighted by molar-refractivity contribution is 0.220. The van der Waals surface area contributed by atoms with Gasteiger partial charge in [0.2, 0.25) is 0 Å². The highest BCUT2D eigenvalue weighted by atomic mass is 35.5. The maximum atomic E-state index is 10.4. The van der Waals surface area contributed by atoms with Crippen LogP contribution in [0, 0.1) is 0 Å². The van der Waals surface area contributed by atoms with Crippen LogP contribution in [-0.4, -0.2) is 15.1 Å². The fraction of sp³-hybridized carbons (Fsp3) is 0.0667. The number of rotatable bonds is 2. The summed E-state index contributed by atoms with van der Waals surface area (Å²) in [5.41, 5.74) is 2.25. The van der Waals surface area contributed by atoms with E-state index in [2.05, 4.69) is 9.97 Å². The van der Waals surface area contributed by atoms with Crippen molar-refractivity contribution in [3.63, 3.8) is 0 Å². The van der Waals surface area contributed by atoms with E-state index in [1.165, 1.54) is 6.20 Å². The monoisotopic (exact) mass is 270 g/mol. The molecule has 1 aromatic carbocycles. The molecule has 0 bridgehead atoms. The molecule has 2 aromatic heterocycles. The van der Waals surface area contributed by atoms with Gasteiger partial charge < -0.3 is 5.11 Å². The van der Waals surface area contributed by atoms with Crippen LogP contribution in [0.4, 0.5) is 0 Å². The predicted octanol–water partition coefficient (Wildman–Crippen LogP) is 3.36. The second-order valence-corrected chi connectivity index (χ2v) is 4.67. The van der Waals surface area contributed by atoms with Crippen LogP contribution in [0.5, 0.6) is 0 Å². The molecule has 2 heterocycles. The van der Waals surface area contributed by atoms with Gasteiger partial charge >= 0.3 is 0 Å². The van der Waals surface area contributed by atoms with Gasteiger partial charge in [0.05, 0.1) is 10.5 Å². The maximum Gasteiger partial charge on any atom is 0.107 e. The molecule has 0 saturated carbocycles. The zero-order valence-corrected chi connectivity index (χ0v) is 10.7. The third-order valence-electron chi connectivity index (χ3n) is 3.03. The van der Waals surface area contributed by atoms with Crippen LogP contribution >= 0.6 is 11.6 Å². The Morgan fingerprint density at radius 1 is 1.11 bits per heavy atom. The summed E-state index contributed by atoms with van der Waals surface area (Å²) < 4.78 is 0. The lowest BCUT2D eigenvalue weighted by Gasteiger charge is -2.13. The molecule has 0 saturated heterocycles. The Labute approximate surface area is 115 Å². The number of fused-ring (bicyclic) bond motifs is 1. The number of hydrogen-bond donors (Lipinski definition) is 1. The van der Waals surface area contributed by atoms with Crippen LogP contribution in [0.1, 0.15) is 17.2 Å². The molecular formula is C15H11ClN2O. The maximum absolute atomic E-state index is 10.4. The summed E-state index contributed by atoms with van der Waals surface area (Å²) in [5.74, 6) is 0. The topological polar surface area (TPSA) is 46.0 Å². The first-order chi connectivity index (χ1) is 9.25. The van der Waals surface area contributed by atoms with E-state index in [1.807, 2.05) is 30.3 Å². The first kappa shape index (κ1) is 12.1. The summed E-state index contributed by atoms with van der Waals surface area (Å²) in [7, 11) is 0. The lowest BCUT2D eigenvalue weighted by atomic mass is 10.0. The molecule has 1 atom stereocenters. The first-order valence-electron chi connectivity index (χ1n) is 5.88. The number of aromatic nitrogens is 2. The van der Waals surface area contributed by atoms with Crippen LogP contribution < -0.4 is 0 Å². The van der Waals surface area contributed by atoms with Gasteiger partial charge in [-0.25, -0.2) is 0 Å². The molecule has 0 fully saturated rings. The number of pyridine rings is 2. The van der Waals surface area contributed by atoms with Gasteiger partial charge in [-0.1, -0.05) is 29.8 Å². The molecule has 0 aliphatic heterocycles. The Balaban J connectivity index is 2.07. The molecule has 0 radical (unpaired) electrons. The van der Waals surface area contributed by atoms with Gasteiger partial charge in [0.25, 0.3) is 0 Å². The Morgan fingerprint density at radius 3 is 2.79 bits per heavy atom. The molecule has 0 aliphatic carbocycles. The third-order valence-corrected chi connectivity index (χ3v) is 3.34. The van der Waals surface area contributed by atoms with Crippen molar-refractivity contribution in [3.8, 4) is 0 Å². The third kappa shape index (κ3) is 2.30. The minimum atomic E-state index is -0.799. The van der Waals surface area contributed by atoms with Gasteiger partial charge in [0.15, 0.2) is 0 Å². The standard InChI is InChI=1S/C15H11ClN2O/c16-13-9-17-6-5-12(13)15(19)11-7-10-3-1-2-4-14(10)18-8-11/h1-9,15,19H. The average Bonchev–Trinajstić information content (AvgIpc) is 2.46. The number of aliphatic hydroxyl groups is 1. The van der Waals surface area contributed by atoms with Crippen LogP contribution in [-0.2, 0) is 0 Å². The molecule has 3 rings (SSSR count). The molecule has 0 spiro atoms. The van der Waals surface area contributed by atoms with E-state index in [0.717, 1.165) is 10.9 Å². The lowest BCUT2D eigenvalue weighted by Crippen LogP contribution is -2.01. The molecule has 94 valence electrons. The predicted molar refractivity (Wildman–Crippen MR) is 75.1 cm³/mol. The van der Waals surface area contributed by atoms with E-state index in [-0.39, 0.29) is 0 Å². The minimum absolute atomic E-state index is 0.447. The Hall–Kier alpha value is -1.97. The van der Waals surface area contributed by atoms with Gasteiger partial charge in [-0.2, -0.15) is 0 Å². The van der Waals surface area contributed by atoms with Crippen molar-refractivity contribution in [1.82, 2.24) is 9.97 Å². The van der Waals surface area contributed by atoms with Gasteiger partial charge in [-0.3, -0.25) is 9.97 Å². The molecule has 3 aromatic rings. The van der Waals surface area contributed by atoms with Crippen molar-refractivity contribution in [2.24, 2.45) is 0 Å². The molecular weight excluding hydrogens is 260 g/mol. The molecule has 0 aliphatic rings. The van der Waals surface area contributed by atoms with Crippen LogP contribution in [0.3, 0.4) is 0 Å². The van der Waals surface area contributed by atoms with Crippen molar-refractivity contribution in [1.29, 1.82) is 0 Å². The van der Waals surface area contributed by atoms with E-state index < -0.39 is 6.10 Å². The summed E-state index contributed by atoms with van der Waals surface area (Å²) in [4.78, 5) is 8.25. The Kier molecular flexibility index (Phi) is 3.15. The van der Waals surface area contributed by atoms with E-state index in [1.54, 1.807) is 18.5 Å². The second-order valence-electron chi connectivity index (χ2n) is 4.26. The summed E-state index contributed by atoms with van der Waals surface area (Å²) >= 11 is 6.04. The largest absolute Gasteiger partial charge is 0.384 e. The fourth-order valence-corrected chi connectivity index (χ4v) is 2.25. The second kappa shape index (κ2) is 4.96. The molecule has 1 N–H and O–H groups in total. The number of halogens is 1. The van der Waals surface area contributed by atoms with Crippen molar-refractivity contribution in [2.45, 2.75) is 6.10 Å². The minimum Gasteiger partial charge on any atom is -0.384 e. The smallest absolute Gasteiger partial charge is 0.107 e. The Morgan fingerprint density at radius 2 is 1.95 bits per heavy atom. The van der Waals surface area contributed by atoms with Crippen molar-refractivity contribution < 1.29 is 5.11 Å². The quantitative estimate of drug-likeness (QED) is 0.777. The number of para-hydroxylation sites is 1.